The highest BCUT2D eigenvalue weighted by Gasteiger charge is 2.19. The zero-order chi connectivity index (χ0) is 37.5. The predicted molar refractivity (Wildman–Crippen MR) is 240 cm³/mol. The van der Waals surface area contributed by atoms with Gasteiger partial charge in [0, 0.05) is 27.5 Å². The van der Waals surface area contributed by atoms with Gasteiger partial charge in [-0.2, -0.15) is 5.10 Å². The number of hydrogen-bond donors (Lipinski definition) is 0. The van der Waals surface area contributed by atoms with Crippen LogP contribution in [0, 0.1) is 0 Å². The zero-order valence-corrected chi connectivity index (χ0v) is 31.2. The van der Waals surface area contributed by atoms with Gasteiger partial charge in [-0.3, -0.25) is 0 Å². The van der Waals surface area contributed by atoms with Crippen molar-refractivity contribution >= 4 is 65.7 Å². The largest absolute Gasteiger partial charge is 0.248 e. The van der Waals surface area contributed by atoms with Gasteiger partial charge in [0.05, 0.1) is 27.9 Å². The summed E-state index contributed by atoms with van der Waals surface area (Å²) in [5.41, 5.74) is 14.8. The second-order valence-electron chi connectivity index (χ2n) is 15.3. The van der Waals surface area contributed by atoms with Crippen LogP contribution in [0.4, 0.5) is 0 Å². The van der Waals surface area contributed by atoms with Crippen LogP contribution in [0.3, 0.4) is 0 Å². The zero-order valence-electron chi connectivity index (χ0n) is 31.2. The minimum Gasteiger partial charge on any atom is -0.248 e. The summed E-state index contributed by atoms with van der Waals surface area (Å²) in [7, 11) is 0. The van der Waals surface area contributed by atoms with E-state index >= 15 is 0 Å². The minimum absolute atomic E-state index is 0.966. The molecule has 12 rings (SSSR count). The Morgan fingerprint density at radius 1 is 0.439 bits per heavy atom. The third-order valence-electron chi connectivity index (χ3n) is 12.0. The van der Waals surface area contributed by atoms with Crippen molar-refractivity contribution in [1.82, 2.24) is 14.6 Å². The number of fused-ring (bicyclic) bond motifs is 11. The molecule has 0 fully saturated rings. The molecule has 0 atom stereocenters. The summed E-state index contributed by atoms with van der Waals surface area (Å²) in [5.74, 6) is 0. The van der Waals surface area contributed by atoms with Crippen LogP contribution in [0.25, 0.3) is 110 Å². The van der Waals surface area contributed by atoms with E-state index in [2.05, 4.69) is 193 Å². The minimum atomic E-state index is 0.966. The Bertz CT molecular complexity index is 3460. The quantitative estimate of drug-likeness (QED) is 0.169. The summed E-state index contributed by atoms with van der Waals surface area (Å²) >= 11 is 0. The lowest BCUT2D eigenvalue weighted by Gasteiger charge is -2.19. The molecule has 0 N–H and O–H groups in total. The van der Waals surface area contributed by atoms with E-state index in [9.17, 15) is 0 Å². The van der Waals surface area contributed by atoms with E-state index in [1.165, 1.54) is 49.0 Å². The molecule has 3 heteroatoms. The molecule has 1 aliphatic rings. The molecule has 0 spiro atoms. The molecule has 0 aliphatic heterocycles. The van der Waals surface area contributed by atoms with Crippen LogP contribution < -0.4 is 0 Å². The summed E-state index contributed by atoms with van der Waals surface area (Å²) in [6, 6.07) is 64.0. The van der Waals surface area contributed by atoms with Crippen molar-refractivity contribution in [3.8, 4) is 44.8 Å². The molecule has 8 aromatic carbocycles. The summed E-state index contributed by atoms with van der Waals surface area (Å²) in [6.07, 6.45) is 6.72. The highest BCUT2D eigenvalue weighted by molar-refractivity contribution is 6.14. The van der Waals surface area contributed by atoms with Crippen LogP contribution in [0.5, 0.6) is 0 Å². The first kappa shape index (κ1) is 31.9. The van der Waals surface area contributed by atoms with Gasteiger partial charge < -0.3 is 0 Å². The number of rotatable bonds is 4. The van der Waals surface area contributed by atoms with Gasteiger partial charge in [0.15, 0.2) is 0 Å². The predicted octanol–water partition coefficient (Wildman–Crippen LogP) is 14.1. The van der Waals surface area contributed by atoms with Gasteiger partial charge in [0.1, 0.15) is 0 Å². The first-order chi connectivity index (χ1) is 28.2. The number of para-hydroxylation sites is 1. The Hall–Kier alpha value is -7.36. The fourth-order valence-electron chi connectivity index (χ4n) is 9.33. The first-order valence-electron chi connectivity index (χ1n) is 19.8. The summed E-state index contributed by atoms with van der Waals surface area (Å²) in [5, 5.41) is 14.8. The van der Waals surface area contributed by atoms with Crippen LogP contribution in [0.15, 0.2) is 182 Å². The van der Waals surface area contributed by atoms with Gasteiger partial charge in [-0.15, -0.1) is 0 Å². The fourth-order valence-corrected chi connectivity index (χ4v) is 9.33. The number of aryl methyl sites for hydroxylation is 1. The van der Waals surface area contributed by atoms with Crippen LogP contribution in [0.1, 0.15) is 17.5 Å². The first-order valence-corrected chi connectivity index (χ1v) is 19.8. The molecular weight excluding hydrogens is 691 g/mol. The molecule has 3 heterocycles. The molecule has 3 aromatic heterocycles. The fraction of sp³-hybridized carbons (Fsp3) is 0.0370. The smallest absolute Gasteiger partial charge is 0.0934 e. The van der Waals surface area contributed by atoms with E-state index in [-0.39, 0.29) is 0 Å². The second kappa shape index (κ2) is 12.6. The van der Waals surface area contributed by atoms with Crippen molar-refractivity contribution in [3.63, 3.8) is 0 Å². The summed E-state index contributed by atoms with van der Waals surface area (Å²) < 4.78 is 2.12. The van der Waals surface area contributed by atoms with Gasteiger partial charge >= 0.3 is 0 Å². The van der Waals surface area contributed by atoms with Crippen molar-refractivity contribution in [2.24, 2.45) is 0 Å². The van der Waals surface area contributed by atoms with E-state index in [1.807, 2.05) is 0 Å². The lowest BCUT2D eigenvalue weighted by molar-refractivity contribution is 0.997. The highest BCUT2D eigenvalue weighted by Crippen LogP contribution is 2.41. The molecule has 0 amide bonds. The van der Waals surface area contributed by atoms with E-state index in [0.29, 0.717) is 0 Å². The van der Waals surface area contributed by atoms with Crippen molar-refractivity contribution in [3.05, 3.63) is 193 Å². The van der Waals surface area contributed by atoms with Crippen molar-refractivity contribution in [2.75, 3.05) is 0 Å². The van der Waals surface area contributed by atoms with Gasteiger partial charge in [0.25, 0.3) is 0 Å². The average molecular weight is 726 g/mol. The Balaban J connectivity index is 1.09. The van der Waals surface area contributed by atoms with Gasteiger partial charge in [-0.25, -0.2) is 9.50 Å². The Morgan fingerprint density at radius 2 is 1.04 bits per heavy atom. The third-order valence-corrected chi connectivity index (χ3v) is 12.0. The second-order valence-corrected chi connectivity index (χ2v) is 15.3. The summed E-state index contributed by atoms with van der Waals surface area (Å²) in [4.78, 5) is 5.57. The number of aromatic nitrogens is 3. The maximum atomic E-state index is 5.57. The Morgan fingerprint density at radius 3 is 1.84 bits per heavy atom. The Labute approximate surface area is 329 Å². The number of nitrogens with zero attached hydrogens (tertiary/aromatic N) is 3. The maximum absolute atomic E-state index is 5.57. The van der Waals surface area contributed by atoms with Crippen molar-refractivity contribution < 1.29 is 0 Å². The van der Waals surface area contributed by atoms with Gasteiger partial charge in [-0.1, -0.05) is 146 Å². The van der Waals surface area contributed by atoms with E-state index in [1.54, 1.807) is 0 Å². The highest BCUT2D eigenvalue weighted by atomic mass is 15.2. The topological polar surface area (TPSA) is 30.2 Å². The molecule has 0 radical (unpaired) electrons. The average Bonchev–Trinajstić information content (AvgIpc) is 3.68. The molecule has 0 bridgehead atoms. The lowest BCUT2D eigenvalue weighted by atomic mass is 9.87. The third kappa shape index (κ3) is 5.06. The maximum Gasteiger partial charge on any atom is 0.0934 e. The molecule has 11 aromatic rings. The van der Waals surface area contributed by atoms with Crippen molar-refractivity contribution in [2.45, 2.75) is 12.8 Å². The molecule has 266 valence electrons. The number of allylic oxidation sites excluding steroid dienone is 1. The number of pyridine rings is 2. The normalized spacial score (nSPS) is 12.7. The lowest BCUT2D eigenvalue weighted by Crippen LogP contribution is -1.99. The molecular formula is C54H35N3. The van der Waals surface area contributed by atoms with Crippen LogP contribution >= 0.6 is 0 Å². The summed E-state index contributed by atoms with van der Waals surface area (Å²) in [6.45, 7) is 0. The molecule has 1 aliphatic carbocycles. The van der Waals surface area contributed by atoms with Gasteiger partial charge in [-0.05, 0) is 115 Å². The Kier molecular flexibility index (Phi) is 7.05. The molecule has 0 saturated heterocycles. The van der Waals surface area contributed by atoms with Crippen molar-refractivity contribution in [1.29, 1.82) is 0 Å². The van der Waals surface area contributed by atoms with E-state index in [0.717, 1.165) is 79.4 Å². The van der Waals surface area contributed by atoms with Crippen LogP contribution in [0.2, 0.25) is 0 Å². The van der Waals surface area contributed by atoms with Gasteiger partial charge in [0.2, 0.25) is 0 Å². The monoisotopic (exact) mass is 725 g/mol. The van der Waals surface area contributed by atoms with E-state index in [4.69, 9.17) is 10.1 Å². The molecule has 0 saturated carbocycles. The SMILES string of the molecule is C1=Cc2cc(-c3cc(-c4ccc(-c5cc6ccccc6n6nc7ccccc7c56)cc4)cc(-c4cc5ccccc5c5ccccc45)n3)c3ccccc3c2CC1. The van der Waals surface area contributed by atoms with Crippen LogP contribution in [-0.2, 0) is 6.42 Å². The number of hydrogen-bond acceptors (Lipinski definition) is 2. The number of benzene rings is 8. The van der Waals surface area contributed by atoms with Crippen LogP contribution in [-0.4, -0.2) is 14.6 Å². The molecule has 57 heavy (non-hydrogen) atoms. The molecule has 3 nitrogen and oxygen atoms in total. The van der Waals surface area contributed by atoms with E-state index < -0.39 is 0 Å². The molecule has 0 unspecified atom stereocenters. The standard InChI is InChI=1S/C54H35N3/c1-4-16-40-36(13-1)29-48(44-20-8-6-18-42(40)44)51-32-39(33-52(55-51)49-30-37-14-2-5-17-41(37)43-19-7-9-21-45(43)49)34-25-27-35(28-26-34)47-31-38-15-3-12-24-53(38)57-54(47)46-22-10-11-23-50(46)56-57/h1-4,6-16,18-33H,5,17H2.